The summed E-state index contributed by atoms with van der Waals surface area (Å²) in [5.74, 6) is 2.63. The highest BCUT2D eigenvalue weighted by Gasteiger charge is 2.29. The van der Waals surface area contributed by atoms with Crippen LogP contribution in [0.4, 0.5) is 0 Å². The number of hydrogen-bond donors (Lipinski definition) is 0. The van der Waals surface area contributed by atoms with Crippen molar-refractivity contribution in [3.63, 3.8) is 0 Å². The van der Waals surface area contributed by atoms with Crippen molar-refractivity contribution in [2.24, 2.45) is 0 Å². The second-order valence-electron chi connectivity index (χ2n) is 5.92. The highest BCUT2D eigenvalue weighted by Crippen LogP contribution is 2.34. The molecular formula is C18H24N2O3. The highest BCUT2D eigenvalue weighted by molar-refractivity contribution is 5.38. The summed E-state index contributed by atoms with van der Waals surface area (Å²) < 4.78 is 16.3. The molecule has 0 amide bonds. The monoisotopic (exact) mass is 316 g/mol. The zero-order valence-corrected chi connectivity index (χ0v) is 14.0. The van der Waals surface area contributed by atoms with E-state index < -0.39 is 0 Å². The molecule has 1 aromatic heterocycles. The van der Waals surface area contributed by atoms with E-state index in [2.05, 4.69) is 35.2 Å². The Balaban J connectivity index is 1.78. The molecule has 1 fully saturated rings. The molecule has 0 spiro atoms. The van der Waals surface area contributed by atoms with Crippen molar-refractivity contribution in [1.29, 1.82) is 0 Å². The molecule has 1 saturated heterocycles. The molecule has 0 radical (unpaired) electrons. The molecular weight excluding hydrogens is 292 g/mol. The topological polar surface area (TPSA) is 47.7 Å². The van der Waals surface area contributed by atoms with E-state index in [-0.39, 0.29) is 0 Å². The van der Waals surface area contributed by atoms with Crippen molar-refractivity contribution in [3.05, 3.63) is 41.3 Å². The van der Waals surface area contributed by atoms with Crippen LogP contribution in [-0.4, -0.2) is 30.8 Å². The van der Waals surface area contributed by atoms with Gasteiger partial charge in [-0.05, 0) is 43.5 Å². The molecule has 1 aliphatic rings. The Morgan fingerprint density at radius 1 is 1.17 bits per heavy atom. The van der Waals surface area contributed by atoms with Gasteiger partial charge in [0.15, 0.2) is 5.76 Å². The predicted molar refractivity (Wildman–Crippen MR) is 87.8 cm³/mol. The summed E-state index contributed by atoms with van der Waals surface area (Å²) >= 11 is 0. The molecule has 124 valence electrons. The smallest absolute Gasteiger partial charge is 0.154 e. The number of likely N-dealkylation sites (tertiary alicyclic amines) is 1. The molecule has 23 heavy (non-hydrogen) atoms. The molecule has 1 atom stereocenters. The van der Waals surface area contributed by atoms with E-state index in [1.165, 1.54) is 12.0 Å². The minimum atomic E-state index is 0.306. The number of methoxy groups -OCH3 is 2. The van der Waals surface area contributed by atoms with Crippen molar-refractivity contribution in [2.45, 2.75) is 38.8 Å². The first-order chi connectivity index (χ1) is 11.2. The van der Waals surface area contributed by atoms with Crippen LogP contribution in [0.2, 0.25) is 0 Å². The lowest BCUT2D eigenvalue weighted by Crippen LogP contribution is -2.22. The van der Waals surface area contributed by atoms with Gasteiger partial charge in [0.2, 0.25) is 0 Å². The third kappa shape index (κ3) is 3.50. The van der Waals surface area contributed by atoms with E-state index in [0.29, 0.717) is 6.04 Å². The Morgan fingerprint density at radius 2 is 1.91 bits per heavy atom. The number of aromatic nitrogens is 1. The first-order valence-corrected chi connectivity index (χ1v) is 8.15. The van der Waals surface area contributed by atoms with Crippen LogP contribution in [0.5, 0.6) is 11.5 Å². The molecule has 1 aromatic carbocycles. The lowest BCUT2D eigenvalue weighted by atomic mass is 10.1. The summed E-state index contributed by atoms with van der Waals surface area (Å²) in [5, 5.41) is 4.13. The van der Waals surface area contributed by atoms with E-state index in [1.807, 2.05) is 6.07 Å². The largest absolute Gasteiger partial charge is 0.497 e. The van der Waals surface area contributed by atoms with Gasteiger partial charge >= 0.3 is 0 Å². The van der Waals surface area contributed by atoms with Crippen LogP contribution in [0.25, 0.3) is 0 Å². The molecule has 5 nitrogen and oxygen atoms in total. The molecule has 3 rings (SSSR count). The number of hydrogen-bond acceptors (Lipinski definition) is 5. The molecule has 1 aliphatic heterocycles. The average Bonchev–Trinajstić information content (AvgIpc) is 3.23. The Bertz CT molecular complexity index is 631. The average molecular weight is 316 g/mol. The summed E-state index contributed by atoms with van der Waals surface area (Å²) in [6, 6.07) is 8.43. The second-order valence-corrected chi connectivity index (χ2v) is 5.92. The molecule has 2 aromatic rings. The van der Waals surface area contributed by atoms with Crippen molar-refractivity contribution in [1.82, 2.24) is 10.1 Å². The van der Waals surface area contributed by atoms with Gasteiger partial charge in [0.05, 0.1) is 26.0 Å². The van der Waals surface area contributed by atoms with E-state index in [9.17, 15) is 0 Å². The zero-order chi connectivity index (χ0) is 16.2. The maximum Gasteiger partial charge on any atom is 0.154 e. The fraction of sp³-hybridized carbons (Fsp3) is 0.500. The van der Waals surface area contributed by atoms with E-state index in [4.69, 9.17) is 14.0 Å². The number of aryl methyl sites for hydroxylation is 1. The molecule has 0 saturated carbocycles. The van der Waals surface area contributed by atoms with Gasteiger partial charge < -0.3 is 14.0 Å². The van der Waals surface area contributed by atoms with Gasteiger partial charge in [-0.15, -0.1) is 0 Å². The van der Waals surface area contributed by atoms with Crippen LogP contribution in [0.3, 0.4) is 0 Å². The maximum atomic E-state index is 5.56. The van der Waals surface area contributed by atoms with Gasteiger partial charge in [0.25, 0.3) is 0 Å². The van der Waals surface area contributed by atoms with Gasteiger partial charge in [-0.2, -0.15) is 0 Å². The van der Waals surface area contributed by atoms with E-state index >= 15 is 0 Å². The Morgan fingerprint density at radius 3 is 2.52 bits per heavy atom. The maximum absolute atomic E-state index is 5.56. The van der Waals surface area contributed by atoms with E-state index in [0.717, 1.165) is 48.9 Å². The van der Waals surface area contributed by atoms with Gasteiger partial charge in [-0.25, -0.2) is 0 Å². The van der Waals surface area contributed by atoms with Crippen LogP contribution in [0, 0.1) is 0 Å². The Hall–Kier alpha value is -2.01. The first kappa shape index (κ1) is 15.9. The third-order valence-corrected chi connectivity index (χ3v) is 4.43. The molecule has 0 bridgehead atoms. The van der Waals surface area contributed by atoms with Crippen LogP contribution in [0.15, 0.2) is 28.8 Å². The Kier molecular flexibility index (Phi) is 4.86. The van der Waals surface area contributed by atoms with Crippen LogP contribution in [0.1, 0.15) is 42.8 Å². The summed E-state index contributed by atoms with van der Waals surface area (Å²) in [6.07, 6.45) is 3.19. The van der Waals surface area contributed by atoms with Crippen LogP contribution in [-0.2, 0) is 13.0 Å². The van der Waals surface area contributed by atoms with Crippen molar-refractivity contribution in [3.8, 4) is 11.5 Å². The highest BCUT2D eigenvalue weighted by atomic mass is 16.5. The summed E-state index contributed by atoms with van der Waals surface area (Å²) in [7, 11) is 3.36. The fourth-order valence-electron chi connectivity index (χ4n) is 3.18. The summed E-state index contributed by atoms with van der Waals surface area (Å²) in [5.41, 5.74) is 2.21. The molecule has 0 aliphatic carbocycles. The van der Waals surface area contributed by atoms with Gasteiger partial charge in [-0.3, -0.25) is 4.90 Å². The quantitative estimate of drug-likeness (QED) is 0.815. The Labute approximate surface area is 137 Å². The first-order valence-electron chi connectivity index (χ1n) is 8.15. The SMILES string of the molecule is CCc1cc(C2CCCN2Cc2cc(OC)cc(OC)c2)on1. The lowest BCUT2D eigenvalue weighted by molar-refractivity contribution is 0.206. The van der Waals surface area contributed by atoms with Gasteiger partial charge in [-0.1, -0.05) is 12.1 Å². The molecule has 1 unspecified atom stereocenters. The number of ether oxygens (including phenoxy) is 2. The summed E-state index contributed by atoms with van der Waals surface area (Å²) in [6.45, 7) is 4.00. The number of rotatable bonds is 6. The number of nitrogens with zero attached hydrogens (tertiary/aromatic N) is 2. The molecule has 0 N–H and O–H groups in total. The minimum Gasteiger partial charge on any atom is -0.497 e. The third-order valence-electron chi connectivity index (χ3n) is 4.43. The van der Waals surface area contributed by atoms with E-state index in [1.54, 1.807) is 14.2 Å². The second kappa shape index (κ2) is 7.04. The van der Waals surface area contributed by atoms with Crippen molar-refractivity contribution in [2.75, 3.05) is 20.8 Å². The minimum absolute atomic E-state index is 0.306. The van der Waals surface area contributed by atoms with Crippen molar-refractivity contribution >= 4 is 0 Å². The van der Waals surface area contributed by atoms with Crippen LogP contribution >= 0.6 is 0 Å². The predicted octanol–water partition coefficient (Wildman–Crippen LogP) is 3.59. The zero-order valence-electron chi connectivity index (χ0n) is 14.0. The summed E-state index contributed by atoms with van der Waals surface area (Å²) in [4.78, 5) is 2.44. The van der Waals surface area contributed by atoms with Gasteiger partial charge in [0, 0.05) is 18.7 Å². The molecule has 5 heteroatoms. The van der Waals surface area contributed by atoms with Crippen LogP contribution < -0.4 is 9.47 Å². The number of benzene rings is 1. The van der Waals surface area contributed by atoms with Crippen molar-refractivity contribution < 1.29 is 14.0 Å². The molecule has 2 heterocycles. The van der Waals surface area contributed by atoms with Gasteiger partial charge in [0.1, 0.15) is 11.5 Å². The standard InChI is InChI=1S/C18H24N2O3/c1-4-14-10-18(23-19-14)17-6-5-7-20(17)12-13-8-15(21-2)11-16(9-13)22-3/h8-11,17H,4-7,12H2,1-3H3. The normalized spacial score (nSPS) is 18.3. The lowest BCUT2D eigenvalue weighted by Gasteiger charge is -2.22. The fourth-order valence-corrected chi connectivity index (χ4v) is 3.18.